The molecule has 0 N–H and O–H groups in total. The maximum Gasteiger partial charge on any atom is 0.252 e. The van der Waals surface area contributed by atoms with Crippen LogP contribution in [0.4, 0.5) is 34.1 Å². The van der Waals surface area contributed by atoms with Crippen molar-refractivity contribution in [2.24, 2.45) is 0 Å². The van der Waals surface area contributed by atoms with Gasteiger partial charge in [-0.25, -0.2) is 4.98 Å². The normalized spacial score (nSPS) is 13.3. The van der Waals surface area contributed by atoms with E-state index in [2.05, 4.69) is 389 Å². The lowest BCUT2D eigenvalue weighted by Gasteiger charge is -2.45. The number of nitrogens with zero attached hydrogens (tertiary/aromatic N) is 3. The van der Waals surface area contributed by atoms with E-state index in [0.29, 0.717) is 0 Å². The number of anilines is 6. The van der Waals surface area contributed by atoms with Crippen molar-refractivity contribution in [3.8, 4) is 78.1 Å². The summed E-state index contributed by atoms with van der Waals surface area (Å²) in [5.74, 6) is 0. The first-order chi connectivity index (χ1) is 46.8. The van der Waals surface area contributed by atoms with Crippen LogP contribution in [0.2, 0.25) is 0 Å². The van der Waals surface area contributed by atoms with E-state index in [4.69, 9.17) is 4.98 Å². The highest BCUT2D eigenvalue weighted by Crippen LogP contribution is 2.51. The highest BCUT2D eigenvalue weighted by molar-refractivity contribution is 7.00. The lowest BCUT2D eigenvalue weighted by molar-refractivity contribution is 0.568. The van der Waals surface area contributed by atoms with Crippen molar-refractivity contribution in [1.29, 1.82) is 0 Å². The summed E-state index contributed by atoms with van der Waals surface area (Å²) >= 11 is 0. The van der Waals surface area contributed by atoms with Crippen LogP contribution in [0.1, 0.15) is 158 Å². The molecule has 12 aromatic rings. The van der Waals surface area contributed by atoms with Gasteiger partial charge in [0.2, 0.25) is 0 Å². The Morgan fingerprint density at radius 3 is 0.778 bits per heavy atom. The maximum atomic E-state index is 6.12. The molecule has 0 saturated heterocycles. The minimum Gasteiger partial charge on any atom is -0.311 e. The number of hydrogen-bond donors (Lipinski definition) is 0. The van der Waals surface area contributed by atoms with Gasteiger partial charge in [0.15, 0.2) is 0 Å². The zero-order valence-corrected chi connectivity index (χ0v) is 61.7. The molecule has 494 valence electrons. The number of aromatic nitrogens is 1. The molecule has 1 aromatic heterocycles. The van der Waals surface area contributed by atoms with Crippen molar-refractivity contribution in [2.45, 2.75) is 157 Å². The molecule has 4 heteroatoms. The van der Waals surface area contributed by atoms with E-state index in [0.717, 1.165) is 101 Å². The molecule has 3 nitrogen and oxygen atoms in total. The molecule has 3 heterocycles. The van der Waals surface area contributed by atoms with Crippen molar-refractivity contribution in [2.75, 3.05) is 9.80 Å². The monoisotopic (exact) mass is 1290 g/mol. The van der Waals surface area contributed by atoms with E-state index in [1.807, 2.05) is 0 Å². The molecule has 14 rings (SSSR count). The van der Waals surface area contributed by atoms with Crippen molar-refractivity contribution in [3.63, 3.8) is 0 Å². The van der Waals surface area contributed by atoms with E-state index in [1.54, 1.807) is 0 Å². The Labute approximate surface area is 591 Å². The summed E-state index contributed by atoms with van der Waals surface area (Å²) in [5.41, 5.74) is 33.1. The maximum absolute atomic E-state index is 6.12. The Kier molecular flexibility index (Phi) is 16.5. The highest BCUT2D eigenvalue weighted by atomic mass is 15.2. The van der Waals surface area contributed by atoms with Crippen LogP contribution in [-0.4, -0.2) is 11.7 Å². The molecule has 0 unspecified atom stereocenters. The predicted molar refractivity (Wildman–Crippen MR) is 429 cm³/mol. The molecule has 0 amide bonds. The Balaban J connectivity index is 1.16. The number of hydrogen-bond acceptors (Lipinski definition) is 3. The fourth-order valence-electron chi connectivity index (χ4n) is 14.6. The average Bonchev–Trinajstić information content (AvgIpc) is 0.692. The van der Waals surface area contributed by atoms with Crippen LogP contribution in [0.5, 0.6) is 0 Å². The quantitative estimate of drug-likeness (QED) is 0.134. The van der Waals surface area contributed by atoms with Gasteiger partial charge < -0.3 is 9.80 Å². The molecule has 2 aliphatic heterocycles. The molecule has 0 atom stereocenters. The topological polar surface area (TPSA) is 19.4 Å². The lowest BCUT2D eigenvalue weighted by Crippen LogP contribution is -2.61. The van der Waals surface area contributed by atoms with E-state index in [-0.39, 0.29) is 39.2 Å². The first kappa shape index (κ1) is 66.5. The molecule has 0 bridgehead atoms. The van der Waals surface area contributed by atoms with Gasteiger partial charge >= 0.3 is 0 Å². The first-order valence-electron chi connectivity index (χ1n) is 35.8. The van der Waals surface area contributed by atoms with E-state index < -0.39 is 0 Å². The molecular formula is C95H96BN3. The molecule has 99 heavy (non-hydrogen) atoms. The Morgan fingerprint density at radius 1 is 0.222 bits per heavy atom. The Hall–Kier alpha value is -9.77. The van der Waals surface area contributed by atoms with Crippen molar-refractivity contribution < 1.29 is 0 Å². The van der Waals surface area contributed by atoms with Crippen LogP contribution in [0, 0.1) is 0 Å². The SMILES string of the molecule is CC(C)(C)c1cc(N2c3cc(C(C)(C)C)ccc3B3c4ccc(C(C)(C)C)cc4N(c4cc(C(C)(C)C)cc(C(C)(C)C)c4)c4cc(-c5cc(-c6cc(-c7ccccc7)cc(-c7ccccc7)c6)cc(-c6cc(-c7ccccc7)cc(-c7ccccc7)c6)n5)cc2c43)cc(C(C)(C)C)c1. The van der Waals surface area contributed by atoms with Gasteiger partial charge in [-0.1, -0.05) is 282 Å². The number of fused-ring (bicyclic) bond motifs is 4. The largest absolute Gasteiger partial charge is 0.311 e. The van der Waals surface area contributed by atoms with Gasteiger partial charge in [0.05, 0.1) is 11.4 Å². The summed E-state index contributed by atoms with van der Waals surface area (Å²) in [6, 6.07) is 97.2. The molecule has 2 aliphatic rings. The van der Waals surface area contributed by atoms with Crippen molar-refractivity contribution in [1.82, 2.24) is 4.98 Å². The zero-order chi connectivity index (χ0) is 69.9. The van der Waals surface area contributed by atoms with Gasteiger partial charge in [-0.15, -0.1) is 0 Å². The van der Waals surface area contributed by atoms with Crippen LogP contribution < -0.4 is 26.2 Å². The second kappa shape index (κ2) is 24.6. The van der Waals surface area contributed by atoms with Gasteiger partial charge in [0, 0.05) is 45.3 Å². The van der Waals surface area contributed by atoms with Crippen molar-refractivity contribution in [3.05, 3.63) is 288 Å². The smallest absolute Gasteiger partial charge is 0.252 e. The number of benzene rings is 11. The fraction of sp³-hybridized carbons (Fsp3) is 0.253. The minimum atomic E-state index is -0.147. The predicted octanol–water partition coefficient (Wildman–Crippen LogP) is 24.6. The van der Waals surface area contributed by atoms with Crippen LogP contribution >= 0.6 is 0 Å². The van der Waals surface area contributed by atoms with E-state index >= 15 is 0 Å². The second-order valence-corrected chi connectivity index (χ2v) is 34.3. The van der Waals surface area contributed by atoms with Crippen LogP contribution in [0.15, 0.2) is 255 Å². The molecule has 0 aliphatic carbocycles. The van der Waals surface area contributed by atoms with Crippen LogP contribution in [0.3, 0.4) is 0 Å². The Morgan fingerprint density at radius 2 is 0.485 bits per heavy atom. The lowest BCUT2D eigenvalue weighted by atomic mass is 9.33. The van der Waals surface area contributed by atoms with Gasteiger partial charge in [-0.3, -0.25) is 0 Å². The summed E-state index contributed by atoms with van der Waals surface area (Å²) in [5, 5.41) is 0. The summed E-state index contributed by atoms with van der Waals surface area (Å²) in [4.78, 5) is 11.5. The third-order valence-corrected chi connectivity index (χ3v) is 20.7. The van der Waals surface area contributed by atoms with E-state index in [1.165, 1.54) is 61.1 Å². The first-order valence-corrected chi connectivity index (χ1v) is 35.8. The summed E-state index contributed by atoms with van der Waals surface area (Å²) in [7, 11) is 0. The van der Waals surface area contributed by atoms with Gasteiger partial charge in [-0.05, 0) is 235 Å². The Bertz CT molecular complexity index is 4570. The molecule has 0 radical (unpaired) electrons. The van der Waals surface area contributed by atoms with Crippen LogP contribution in [-0.2, 0) is 32.5 Å². The number of rotatable bonds is 9. The summed E-state index contributed by atoms with van der Waals surface area (Å²) in [6.45, 7) is 42.4. The van der Waals surface area contributed by atoms with Gasteiger partial charge in [0.1, 0.15) is 0 Å². The third kappa shape index (κ3) is 13.0. The minimum absolute atomic E-state index is 0.116. The fourth-order valence-corrected chi connectivity index (χ4v) is 14.6. The summed E-state index contributed by atoms with van der Waals surface area (Å²) < 4.78 is 0. The standard InChI is InChI=1S/C95H96BN3/c1-90(2,3)73-39-41-81-85(59-73)98(79-55-75(92(7,8)9)53-76(56-79)93(10,11)12)87-51-72(52-88-89(87)96(81)82-42-40-74(91(4,5)6)60-86(82)99(88)80-57-77(94(13,14)15)54-78(58-80)95(16,17)18)84-50-70(69-45-65(61-31-23-19-24-32-61)43-66(46-69)62-33-25-20-26-34-62)49-83(97-84)71-47-67(63-35-27-21-28-36-63)44-68(48-71)64-37-29-22-30-38-64/h19-60H,1-18H3. The van der Waals surface area contributed by atoms with Gasteiger partial charge in [-0.2, -0.15) is 0 Å². The highest BCUT2D eigenvalue weighted by Gasteiger charge is 2.45. The average molecular weight is 1290 g/mol. The molecule has 0 spiro atoms. The molecule has 11 aromatic carbocycles. The number of pyridine rings is 1. The van der Waals surface area contributed by atoms with Gasteiger partial charge in [0.25, 0.3) is 6.71 Å². The summed E-state index contributed by atoms with van der Waals surface area (Å²) in [6.07, 6.45) is 0. The van der Waals surface area contributed by atoms with Crippen LogP contribution in [0.25, 0.3) is 78.1 Å². The molecular weight excluding hydrogens is 1190 g/mol. The van der Waals surface area contributed by atoms with E-state index in [9.17, 15) is 0 Å². The third-order valence-electron chi connectivity index (χ3n) is 20.7. The second-order valence-electron chi connectivity index (χ2n) is 34.3. The molecule has 0 fully saturated rings. The molecule has 0 saturated carbocycles. The van der Waals surface area contributed by atoms with Crippen molar-refractivity contribution >= 4 is 57.2 Å². The zero-order valence-electron chi connectivity index (χ0n) is 61.7.